The highest BCUT2D eigenvalue weighted by Gasteiger charge is 2.10. The number of fused-ring (bicyclic) bond motifs is 1. The zero-order valence-corrected chi connectivity index (χ0v) is 16.2. The van der Waals surface area contributed by atoms with Gasteiger partial charge in [-0.3, -0.25) is 4.79 Å². The number of aromatic nitrogens is 1. The van der Waals surface area contributed by atoms with E-state index < -0.39 is 0 Å². The second kappa shape index (κ2) is 7.40. The van der Waals surface area contributed by atoms with Gasteiger partial charge in [-0.05, 0) is 28.5 Å². The highest BCUT2D eigenvalue weighted by molar-refractivity contribution is 9.10. The standard InChI is InChI=1S/C21H15BrN2OS/c22-17-9-4-8-16(11-17)19-13-26-21(23-19)24-20(25)12-15-7-3-6-14-5-1-2-10-18(14)15/h1-11,13H,12H2,(H,23,24,25). The number of halogens is 1. The van der Waals surface area contributed by atoms with Gasteiger partial charge in [0.25, 0.3) is 0 Å². The number of thiazole rings is 1. The zero-order chi connectivity index (χ0) is 17.9. The molecule has 0 fully saturated rings. The Bertz CT molecular complexity index is 1080. The van der Waals surface area contributed by atoms with Crippen LogP contribution in [0.15, 0.2) is 76.6 Å². The molecule has 1 amide bonds. The van der Waals surface area contributed by atoms with Gasteiger partial charge >= 0.3 is 0 Å². The number of hydrogen-bond donors (Lipinski definition) is 1. The summed E-state index contributed by atoms with van der Waals surface area (Å²) in [7, 11) is 0. The van der Waals surface area contributed by atoms with E-state index in [-0.39, 0.29) is 5.91 Å². The van der Waals surface area contributed by atoms with E-state index in [0.29, 0.717) is 11.6 Å². The molecule has 0 aliphatic rings. The van der Waals surface area contributed by atoms with Crippen molar-refractivity contribution < 1.29 is 4.79 Å². The number of nitrogens with one attached hydrogen (secondary N) is 1. The number of nitrogens with zero attached hydrogens (tertiary/aromatic N) is 1. The van der Waals surface area contributed by atoms with Crippen molar-refractivity contribution in [3.05, 3.63) is 82.1 Å². The van der Waals surface area contributed by atoms with Crippen molar-refractivity contribution in [1.82, 2.24) is 4.98 Å². The summed E-state index contributed by atoms with van der Waals surface area (Å²) in [5, 5.41) is 7.74. The molecule has 0 saturated carbocycles. The number of carbonyl (C=O) groups excluding carboxylic acids is 1. The number of benzene rings is 3. The molecule has 4 rings (SSSR count). The second-order valence-electron chi connectivity index (χ2n) is 5.91. The van der Waals surface area contributed by atoms with Gasteiger partial charge in [-0.25, -0.2) is 4.98 Å². The number of carbonyl (C=O) groups is 1. The molecule has 0 unspecified atom stereocenters. The third-order valence-corrected chi connectivity index (χ3v) is 5.35. The lowest BCUT2D eigenvalue weighted by Crippen LogP contribution is -2.14. The second-order valence-corrected chi connectivity index (χ2v) is 7.69. The smallest absolute Gasteiger partial charge is 0.230 e. The summed E-state index contributed by atoms with van der Waals surface area (Å²) in [6.45, 7) is 0. The van der Waals surface area contributed by atoms with Crippen molar-refractivity contribution in [2.45, 2.75) is 6.42 Å². The average molecular weight is 423 g/mol. The van der Waals surface area contributed by atoms with Crippen LogP contribution in [-0.4, -0.2) is 10.9 Å². The maximum Gasteiger partial charge on any atom is 0.230 e. The third-order valence-electron chi connectivity index (χ3n) is 4.10. The van der Waals surface area contributed by atoms with Crippen molar-refractivity contribution in [2.24, 2.45) is 0 Å². The van der Waals surface area contributed by atoms with Gasteiger partial charge in [0.1, 0.15) is 0 Å². The summed E-state index contributed by atoms with van der Waals surface area (Å²) in [5.74, 6) is -0.0588. The summed E-state index contributed by atoms with van der Waals surface area (Å²) in [5.41, 5.74) is 2.89. The normalized spacial score (nSPS) is 10.8. The summed E-state index contributed by atoms with van der Waals surface area (Å²) in [4.78, 5) is 17.0. The molecule has 0 aliphatic carbocycles. The van der Waals surface area contributed by atoms with Crippen LogP contribution in [0.1, 0.15) is 5.56 Å². The Balaban J connectivity index is 1.50. The minimum atomic E-state index is -0.0588. The summed E-state index contributed by atoms with van der Waals surface area (Å²) in [6, 6.07) is 22.1. The molecule has 128 valence electrons. The molecule has 26 heavy (non-hydrogen) atoms. The van der Waals surface area contributed by atoms with E-state index in [1.54, 1.807) is 0 Å². The molecule has 0 saturated heterocycles. The van der Waals surface area contributed by atoms with Crippen LogP contribution in [-0.2, 0) is 11.2 Å². The van der Waals surface area contributed by atoms with E-state index in [4.69, 9.17) is 0 Å². The first-order chi connectivity index (χ1) is 12.7. The quantitative estimate of drug-likeness (QED) is 0.444. The molecule has 0 bridgehead atoms. The highest BCUT2D eigenvalue weighted by Crippen LogP contribution is 2.27. The van der Waals surface area contributed by atoms with Crippen LogP contribution in [0.3, 0.4) is 0 Å². The lowest BCUT2D eigenvalue weighted by Gasteiger charge is -2.06. The minimum Gasteiger partial charge on any atom is -0.302 e. The van der Waals surface area contributed by atoms with E-state index in [1.165, 1.54) is 11.3 Å². The fraction of sp³-hybridized carbons (Fsp3) is 0.0476. The Morgan fingerprint density at radius 2 is 1.85 bits per heavy atom. The van der Waals surface area contributed by atoms with Gasteiger partial charge in [0, 0.05) is 15.4 Å². The van der Waals surface area contributed by atoms with E-state index in [9.17, 15) is 4.79 Å². The van der Waals surface area contributed by atoms with Crippen molar-refractivity contribution in [3.8, 4) is 11.3 Å². The third kappa shape index (κ3) is 3.69. The zero-order valence-electron chi connectivity index (χ0n) is 13.8. The highest BCUT2D eigenvalue weighted by atomic mass is 79.9. The van der Waals surface area contributed by atoms with Crippen LogP contribution in [0.4, 0.5) is 5.13 Å². The van der Waals surface area contributed by atoms with E-state index in [2.05, 4.69) is 38.4 Å². The molecule has 3 aromatic carbocycles. The number of hydrogen-bond acceptors (Lipinski definition) is 3. The number of amides is 1. The Morgan fingerprint density at radius 3 is 2.73 bits per heavy atom. The van der Waals surface area contributed by atoms with Gasteiger partial charge in [0.05, 0.1) is 12.1 Å². The topological polar surface area (TPSA) is 42.0 Å². The predicted molar refractivity (Wildman–Crippen MR) is 112 cm³/mol. The maximum absolute atomic E-state index is 12.5. The van der Waals surface area contributed by atoms with Crippen molar-refractivity contribution in [1.29, 1.82) is 0 Å². The van der Waals surface area contributed by atoms with Gasteiger partial charge in [0.2, 0.25) is 5.91 Å². The molecule has 0 atom stereocenters. The molecule has 3 nitrogen and oxygen atoms in total. The van der Waals surface area contributed by atoms with Crippen LogP contribution in [0.5, 0.6) is 0 Å². The molecular formula is C21H15BrN2OS. The molecule has 5 heteroatoms. The van der Waals surface area contributed by atoms with Gasteiger partial charge in [-0.2, -0.15) is 0 Å². The first-order valence-electron chi connectivity index (χ1n) is 8.17. The fourth-order valence-electron chi connectivity index (χ4n) is 2.89. The monoisotopic (exact) mass is 422 g/mol. The van der Waals surface area contributed by atoms with Gasteiger partial charge < -0.3 is 5.32 Å². The summed E-state index contributed by atoms with van der Waals surface area (Å²) in [6.07, 6.45) is 0.327. The minimum absolute atomic E-state index is 0.0588. The molecule has 4 aromatic rings. The Kier molecular flexibility index (Phi) is 4.82. The molecule has 0 aliphatic heterocycles. The van der Waals surface area contributed by atoms with Gasteiger partial charge in [0.15, 0.2) is 5.13 Å². The lowest BCUT2D eigenvalue weighted by atomic mass is 10.0. The van der Waals surface area contributed by atoms with Crippen LogP contribution < -0.4 is 5.32 Å². The first-order valence-corrected chi connectivity index (χ1v) is 9.84. The van der Waals surface area contributed by atoms with Crippen molar-refractivity contribution >= 4 is 49.1 Å². The van der Waals surface area contributed by atoms with E-state index >= 15 is 0 Å². The molecule has 0 radical (unpaired) electrons. The first kappa shape index (κ1) is 16.9. The largest absolute Gasteiger partial charge is 0.302 e. The SMILES string of the molecule is O=C(Cc1cccc2ccccc12)Nc1nc(-c2cccc(Br)c2)cs1. The molecule has 1 N–H and O–H groups in total. The van der Waals surface area contributed by atoms with Gasteiger partial charge in [-0.15, -0.1) is 11.3 Å². The number of rotatable bonds is 4. The van der Waals surface area contributed by atoms with Gasteiger partial charge in [-0.1, -0.05) is 70.5 Å². The van der Waals surface area contributed by atoms with Crippen LogP contribution in [0, 0.1) is 0 Å². The van der Waals surface area contributed by atoms with E-state index in [1.807, 2.05) is 60.0 Å². The van der Waals surface area contributed by atoms with Crippen LogP contribution in [0.2, 0.25) is 0 Å². The Hall–Kier alpha value is -2.50. The lowest BCUT2D eigenvalue weighted by molar-refractivity contribution is -0.115. The summed E-state index contributed by atoms with van der Waals surface area (Å²) < 4.78 is 1.00. The number of anilines is 1. The van der Waals surface area contributed by atoms with Crippen molar-refractivity contribution in [2.75, 3.05) is 5.32 Å². The van der Waals surface area contributed by atoms with E-state index in [0.717, 1.165) is 32.1 Å². The fourth-order valence-corrected chi connectivity index (χ4v) is 4.03. The molecule has 1 heterocycles. The predicted octanol–water partition coefficient (Wildman–Crippen LogP) is 5.91. The molecular weight excluding hydrogens is 408 g/mol. The summed E-state index contributed by atoms with van der Waals surface area (Å²) >= 11 is 4.90. The van der Waals surface area contributed by atoms with Crippen molar-refractivity contribution in [3.63, 3.8) is 0 Å². The molecule has 0 spiro atoms. The van der Waals surface area contributed by atoms with Crippen LogP contribution in [0.25, 0.3) is 22.0 Å². The maximum atomic E-state index is 12.5. The molecule has 1 aromatic heterocycles. The van der Waals surface area contributed by atoms with Crippen LogP contribution >= 0.6 is 27.3 Å². The average Bonchev–Trinajstić information content (AvgIpc) is 3.10. The Labute approximate surface area is 163 Å². The Morgan fingerprint density at radius 1 is 1.04 bits per heavy atom.